The largest absolute Gasteiger partial charge is 0.223 e. The second-order valence-corrected chi connectivity index (χ2v) is 7.61. The van der Waals surface area contributed by atoms with Gasteiger partial charge in [0.2, 0.25) is 0 Å². The zero-order valence-corrected chi connectivity index (χ0v) is 11.8. The third-order valence-corrected chi connectivity index (χ3v) is 6.22. The van der Waals surface area contributed by atoms with E-state index in [0.717, 1.165) is 19.3 Å². The van der Waals surface area contributed by atoms with Crippen LogP contribution in [0.15, 0.2) is 35.2 Å². The first-order chi connectivity index (χ1) is 7.59. The van der Waals surface area contributed by atoms with Crippen molar-refractivity contribution in [3.05, 3.63) is 30.3 Å². The van der Waals surface area contributed by atoms with E-state index in [4.69, 9.17) is 0 Å². The summed E-state index contributed by atoms with van der Waals surface area (Å²) < 4.78 is 23.7. The number of sulfone groups is 1. The summed E-state index contributed by atoms with van der Waals surface area (Å²) in [6.45, 7) is 2.11. The van der Waals surface area contributed by atoms with Gasteiger partial charge in [0.15, 0.2) is 9.84 Å². The minimum absolute atomic E-state index is 0.397. The lowest BCUT2D eigenvalue weighted by Gasteiger charge is -2.10. The Balaban J connectivity index is 2.71. The summed E-state index contributed by atoms with van der Waals surface area (Å²) >= 11 is 3.28. The standard InChI is InChI=1S/C12H17BrO2S/c1-2-3-5-10-12(13)16(14,15)11-8-6-4-7-9-11/h4,6-9,12H,2-3,5,10H2,1H3. The highest BCUT2D eigenvalue weighted by atomic mass is 79.9. The molecule has 1 aromatic rings. The molecule has 4 heteroatoms. The van der Waals surface area contributed by atoms with Crippen LogP contribution in [0.4, 0.5) is 0 Å². The molecule has 0 radical (unpaired) electrons. The second-order valence-electron chi connectivity index (χ2n) is 3.76. The Hall–Kier alpha value is -0.350. The quantitative estimate of drug-likeness (QED) is 0.592. The number of hydrogen-bond acceptors (Lipinski definition) is 2. The Morgan fingerprint density at radius 2 is 1.81 bits per heavy atom. The van der Waals surface area contributed by atoms with Gasteiger partial charge in [-0.15, -0.1) is 0 Å². The van der Waals surface area contributed by atoms with E-state index < -0.39 is 14.0 Å². The fourth-order valence-electron chi connectivity index (χ4n) is 1.47. The Morgan fingerprint density at radius 1 is 1.19 bits per heavy atom. The Kier molecular flexibility index (Phi) is 5.49. The molecule has 1 unspecified atom stereocenters. The van der Waals surface area contributed by atoms with Gasteiger partial charge >= 0.3 is 0 Å². The van der Waals surface area contributed by atoms with E-state index >= 15 is 0 Å². The van der Waals surface area contributed by atoms with E-state index in [9.17, 15) is 8.42 Å². The van der Waals surface area contributed by atoms with Crippen LogP contribution in [0, 0.1) is 0 Å². The molecule has 0 N–H and O–H groups in total. The van der Waals surface area contributed by atoms with Gasteiger partial charge < -0.3 is 0 Å². The van der Waals surface area contributed by atoms with Crippen molar-refractivity contribution in [2.45, 2.75) is 41.7 Å². The first kappa shape index (κ1) is 13.7. The Bertz CT molecular complexity index is 400. The maximum Gasteiger partial charge on any atom is 0.191 e. The fourth-order valence-corrected chi connectivity index (χ4v) is 3.75. The summed E-state index contributed by atoms with van der Waals surface area (Å²) in [6, 6.07) is 8.60. The number of halogens is 1. The van der Waals surface area contributed by atoms with Gasteiger partial charge in [-0.25, -0.2) is 8.42 Å². The third-order valence-electron chi connectivity index (χ3n) is 2.44. The molecule has 1 atom stereocenters. The topological polar surface area (TPSA) is 34.1 Å². The van der Waals surface area contributed by atoms with Crippen LogP contribution in [-0.2, 0) is 9.84 Å². The van der Waals surface area contributed by atoms with Crippen molar-refractivity contribution in [3.8, 4) is 0 Å². The monoisotopic (exact) mass is 304 g/mol. The van der Waals surface area contributed by atoms with Gasteiger partial charge in [0.1, 0.15) is 4.16 Å². The van der Waals surface area contributed by atoms with Gasteiger partial charge in [-0.05, 0) is 18.6 Å². The number of benzene rings is 1. The van der Waals surface area contributed by atoms with Crippen LogP contribution in [-0.4, -0.2) is 12.6 Å². The van der Waals surface area contributed by atoms with Gasteiger partial charge in [0, 0.05) is 0 Å². The number of unbranched alkanes of at least 4 members (excludes halogenated alkanes) is 2. The average molecular weight is 305 g/mol. The molecule has 0 bridgehead atoms. The van der Waals surface area contributed by atoms with E-state index in [0.29, 0.717) is 11.3 Å². The van der Waals surface area contributed by atoms with Gasteiger partial charge in [-0.2, -0.15) is 0 Å². The summed E-state index contributed by atoms with van der Waals surface area (Å²) in [5.41, 5.74) is 0. The summed E-state index contributed by atoms with van der Waals surface area (Å²) in [4.78, 5) is 0.397. The normalized spacial score (nSPS) is 13.6. The smallest absolute Gasteiger partial charge is 0.191 e. The third kappa shape index (κ3) is 3.59. The first-order valence-corrected chi connectivity index (χ1v) is 7.98. The van der Waals surface area contributed by atoms with E-state index in [2.05, 4.69) is 22.9 Å². The minimum atomic E-state index is -3.20. The highest BCUT2D eigenvalue weighted by Gasteiger charge is 2.23. The van der Waals surface area contributed by atoms with Crippen molar-refractivity contribution in [2.75, 3.05) is 0 Å². The first-order valence-electron chi connectivity index (χ1n) is 5.52. The maximum atomic E-state index is 12.1. The van der Waals surface area contributed by atoms with E-state index in [-0.39, 0.29) is 0 Å². The zero-order valence-electron chi connectivity index (χ0n) is 9.40. The SMILES string of the molecule is CCCCCC(Br)S(=O)(=O)c1ccccc1. The predicted molar refractivity (Wildman–Crippen MR) is 70.5 cm³/mol. The highest BCUT2D eigenvalue weighted by Crippen LogP contribution is 2.24. The average Bonchev–Trinajstić information content (AvgIpc) is 2.30. The van der Waals surface area contributed by atoms with Crippen molar-refractivity contribution in [1.29, 1.82) is 0 Å². The van der Waals surface area contributed by atoms with Crippen molar-refractivity contribution in [1.82, 2.24) is 0 Å². The molecule has 0 aliphatic heterocycles. The summed E-state index contributed by atoms with van der Waals surface area (Å²) in [5.74, 6) is 0. The molecular formula is C12H17BrO2S. The lowest BCUT2D eigenvalue weighted by Crippen LogP contribution is -2.14. The molecule has 0 heterocycles. The number of alkyl halides is 1. The lowest BCUT2D eigenvalue weighted by molar-refractivity contribution is 0.585. The molecule has 0 saturated heterocycles. The van der Waals surface area contributed by atoms with E-state index in [1.165, 1.54) is 0 Å². The van der Waals surface area contributed by atoms with Crippen LogP contribution in [0.1, 0.15) is 32.6 Å². The lowest BCUT2D eigenvalue weighted by atomic mass is 10.2. The van der Waals surface area contributed by atoms with Crippen LogP contribution in [0.3, 0.4) is 0 Å². The molecule has 0 fully saturated rings. The minimum Gasteiger partial charge on any atom is -0.223 e. The summed E-state index contributed by atoms with van der Waals surface area (Å²) in [7, 11) is -3.20. The zero-order chi connectivity index (χ0) is 12.0. The molecule has 0 amide bonds. The Morgan fingerprint density at radius 3 is 2.38 bits per heavy atom. The molecular weight excluding hydrogens is 288 g/mol. The second kappa shape index (κ2) is 6.40. The van der Waals surface area contributed by atoms with Crippen LogP contribution < -0.4 is 0 Å². The van der Waals surface area contributed by atoms with E-state index in [1.54, 1.807) is 24.3 Å². The molecule has 0 aromatic heterocycles. The summed E-state index contributed by atoms with van der Waals surface area (Å²) in [5, 5.41) is 0. The maximum absolute atomic E-state index is 12.1. The molecule has 0 aliphatic carbocycles. The molecule has 2 nitrogen and oxygen atoms in total. The molecule has 16 heavy (non-hydrogen) atoms. The van der Waals surface area contributed by atoms with Crippen LogP contribution in [0.5, 0.6) is 0 Å². The van der Waals surface area contributed by atoms with Gasteiger partial charge in [-0.1, -0.05) is 60.3 Å². The van der Waals surface area contributed by atoms with Gasteiger partial charge in [-0.3, -0.25) is 0 Å². The number of rotatable bonds is 6. The highest BCUT2D eigenvalue weighted by molar-refractivity contribution is 9.11. The van der Waals surface area contributed by atoms with Crippen LogP contribution in [0.25, 0.3) is 0 Å². The molecule has 90 valence electrons. The van der Waals surface area contributed by atoms with Crippen molar-refractivity contribution >= 4 is 25.8 Å². The molecule has 0 saturated carbocycles. The van der Waals surface area contributed by atoms with Crippen molar-refractivity contribution in [2.24, 2.45) is 0 Å². The molecule has 1 rings (SSSR count). The van der Waals surface area contributed by atoms with Crippen molar-refractivity contribution in [3.63, 3.8) is 0 Å². The van der Waals surface area contributed by atoms with Crippen molar-refractivity contribution < 1.29 is 8.42 Å². The Labute approximate surface area is 106 Å². The molecule has 0 spiro atoms. The summed E-state index contributed by atoms with van der Waals surface area (Å²) in [6.07, 6.45) is 3.79. The number of hydrogen-bond donors (Lipinski definition) is 0. The molecule has 0 aliphatic rings. The fraction of sp³-hybridized carbons (Fsp3) is 0.500. The van der Waals surface area contributed by atoms with Crippen LogP contribution in [0.2, 0.25) is 0 Å². The molecule has 1 aromatic carbocycles. The van der Waals surface area contributed by atoms with E-state index in [1.807, 2.05) is 6.07 Å². The van der Waals surface area contributed by atoms with Crippen LogP contribution >= 0.6 is 15.9 Å². The predicted octanol–water partition coefficient (Wildman–Crippen LogP) is 3.76. The van der Waals surface area contributed by atoms with Gasteiger partial charge in [0.05, 0.1) is 4.90 Å². The van der Waals surface area contributed by atoms with Gasteiger partial charge in [0.25, 0.3) is 0 Å².